The lowest BCUT2D eigenvalue weighted by Crippen LogP contribution is -2.27. The lowest BCUT2D eigenvalue weighted by molar-refractivity contribution is 0.605. The van der Waals surface area contributed by atoms with Crippen LogP contribution in [0.25, 0.3) is 0 Å². The second-order valence-electron chi connectivity index (χ2n) is 4.26. The fraction of sp³-hybridized carbons (Fsp3) is 0.500. The van der Waals surface area contributed by atoms with Crippen molar-refractivity contribution in [1.82, 2.24) is 0 Å². The normalized spacial score (nSPS) is 20.5. The van der Waals surface area contributed by atoms with Gasteiger partial charge in [-0.05, 0) is 47.3 Å². The first-order valence-electron chi connectivity index (χ1n) is 5.58. The van der Waals surface area contributed by atoms with Crippen molar-refractivity contribution in [3.8, 4) is 0 Å². The van der Waals surface area contributed by atoms with Gasteiger partial charge in [0.15, 0.2) is 5.82 Å². The molecule has 2 rings (SSSR count). The SMILES string of the molecule is CC1CCCN1c1ccc(CN)c(Br)c1F. The van der Waals surface area contributed by atoms with Gasteiger partial charge < -0.3 is 10.6 Å². The van der Waals surface area contributed by atoms with Gasteiger partial charge in [-0.2, -0.15) is 0 Å². The topological polar surface area (TPSA) is 29.3 Å². The van der Waals surface area contributed by atoms with Crippen molar-refractivity contribution in [1.29, 1.82) is 0 Å². The highest BCUT2D eigenvalue weighted by Gasteiger charge is 2.24. The standard InChI is InChI=1S/C12H16BrFN2/c1-8-3-2-6-16(8)10-5-4-9(7-15)11(13)12(10)14/h4-5,8H,2-3,6-7,15H2,1H3. The molecular formula is C12H16BrFN2. The lowest BCUT2D eigenvalue weighted by atomic mass is 10.1. The molecule has 1 aliphatic heterocycles. The Labute approximate surface area is 104 Å². The number of nitrogens with zero attached hydrogens (tertiary/aromatic N) is 1. The van der Waals surface area contributed by atoms with Crippen LogP contribution in [0.15, 0.2) is 16.6 Å². The first kappa shape index (κ1) is 11.9. The molecule has 1 unspecified atom stereocenters. The van der Waals surface area contributed by atoms with Crippen LogP contribution in [-0.4, -0.2) is 12.6 Å². The molecular weight excluding hydrogens is 271 g/mol. The third-order valence-corrected chi connectivity index (χ3v) is 4.08. The number of nitrogens with two attached hydrogens (primary N) is 1. The minimum atomic E-state index is -0.184. The summed E-state index contributed by atoms with van der Waals surface area (Å²) in [7, 11) is 0. The Balaban J connectivity index is 2.38. The van der Waals surface area contributed by atoms with E-state index in [1.165, 1.54) is 0 Å². The van der Waals surface area contributed by atoms with Crippen LogP contribution >= 0.6 is 15.9 Å². The predicted molar refractivity (Wildman–Crippen MR) is 68.0 cm³/mol. The van der Waals surface area contributed by atoms with Gasteiger partial charge in [0.1, 0.15) is 0 Å². The Morgan fingerprint density at radius 3 is 2.88 bits per heavy atom. The van der Waals surface area contributed by atoms with Gasteiger partial charge in [-0.25, -0.2) is 4.39 Å². The number of anilines is 1. The number of benzene rings is 1. The molecule has 2 nitrogen and oxygen atoms in total. The molecule has 1 atom stereocenters. The van der Waals surface area contributed by atoms with E-state index in [9.17, 15) is 4.39 Å². The zero-order chi connectivity index (χ0) is 11.7. The first-order chi connectivity index (χ1) is 7.65. The van der Waals surface area contributed by atoms with Crippen molar-refractivity contribution in [2.75, 3.05) is 11.4 Å². The molecule has 1 heterocycles. The maximum atomic E-state index is 14.1. The van der Waals surface area contributed by atoms with Gasteiger partial charge in [-0.3, -0.25) is 0 Å². The average molecular weight is 287 g/mol. The van der Waals surface area contributed by atoms with Gasteiger partial charge in [0, 0.05) is 19.1 Å². The minimum Gasteiger partial charge on any atom is -0.366 e. The molecule has 0 spiro atoms. The summed E-state index contributed by atoms with van der Waals surface area (Å²) >= 11 is 3.28. The van der Waals surface area contributed by atoms with E-state index in [1.54, 1.807) is 0 Å². The maximum absolute atomic E-state index is 14.1. The second-order valence-corrected chi connectivity index (χ2v) is 5.05. The third-order valence-electron chi connectivity index (χ3n) is 3.22. The van der Waals surface area contributed by atoms with Crippen LogP contribution in [-0.2, 0) is 6.54 Å². The van der Waals surface area contributed by atoms with E-state index < -0.39 is 0 Å². The lowest BCUT2D eigenvalue weighted by Gasteiger charge is -2.25. The van der Waals surface area contributed by atoms with Crippen molar-refractivity contribution in [2.24, 2.45) is 5.73 Å². The fourth-order valence-electron chi connectivity index (χ4n) is 2.25. The zero-order valence-electron chi connectivity index (χ0n) is 9.34. The Bertz CT molecular complexity index is 395. The van der Waals surface area contributed by atoms with E-state index in [-0.39, 0.29) is 5.82 Å². The largest absolute Gasteiger partial charge is 0.366 e. The predicted octanol–water partition coefficient (Wildman–Crippen LogP) is 3.04. The second kappa shape index (κ2) is 4.72. The number of hydrogen-bond acceptors (Lipinski definition) is 2. The first-order valence-corrected chi connectivity index (χ1v) is 6.38. The fourth-order valence-corrected chi connectivity index (χ4v) is 2.75. The Hall–Kier alpha value is -0.610. The smallest absolute Gasteiger partial charge is 0.160 e. The van der Waals surface area contributed by atoms with Crippen molar-refractivity contribution < 1.29 is 4.39 Å². The molecule has 0 saturated carbocycles. The van der Waals surface area contributed by atoms with Gasteiger partial charge >= 0.3 is 0 Å². The van der Waals surface area contributed by atoms with Crippen LogP contribution in [0, 0.1) is 5.82 Å². The molecule has 1 aromatic rings. The highest BCUT2D eigenvalue weighted by molar-refractivity contribution is 9.10. The summed E-state index contributed by atoms with van der Waals surface area (Å²) in [5, 5.41) is 0. The van der Waals surface area contributed by atoms with Crippen molar-refractivity contribution >= 4 is 21.6 Å². The van der Waals surface area contributed by atoms with Gasteiger partial charge in [-0.15, -0.1) is 0 Å². The molecule has 88 valence electrons. The summed E-state index contributed by atoms with van der Waals surface area (Å²) in [6.45, 7) is 3.43. The molecule has 0 amide bonds. The van der Waals surface area contributed by atoms with E-state index in [0.717, 1.165) is 24.9 Å². The van der Waals surface area contributed by atoms with Crippen molar-refractivity contribution in [2.45, 2.75) is 32.4 Å². The van der Waals surface area contributed by atoms with Crippen molar-refractivity contribution in [3.63, 3.8) is 0 Å². The van der Waals surface area contributed by atoms with Gasteiger partial charge in [-0.1, -0.05) is 6.07 Å². The van der Waals surface area contributed by atoms with Crippen LogP contribution in [0.3, 0.4) is 0 Å². The summed E-state index contributed by atoms with van der Waals surface area (Å²) in [4.78, 5) is 2.13. The Kier molecular flexibility index (Phi) is 3.50. The molecule has 1 fully saturated rings. The van der Waals surface area contributed by atoms with Gasteiger partial charge in [0.25, 0.3) is 0 Å². The average Bonchev–Trinajstić information content (AvgIpc) is 2.69. The number of hydrogen-bond donors (Lipinski definition) is 1. The Morgan fingerprint density at radius 2 is 2.31 bits per heavy atom. The van der Waals surface area contributed by atoms with E-state index in [1.807, 2.05) is 12.1 Å². The molecule has 1 aromatic carbocycles. The highest BCUT2D eigenvalue weighted by Crippen LogP contribution is 2.33. The molecule has 2 N–H and O–H groups in total. The van der Waals surface area contributed by atoms with E-state index in [4.69, 9.17) is 5.73 Å². The molecule has 0 aliphatic carbocycles. The molecule has 4 heteroatoms. The van der Waals surface area contributed by atoms with Crippen LogP contribution in [0.1, 0.15) is 25.3 Å². The van der Waals surface area contributed by atoms with Crippen molar-refractivity contribution in [3.05, 3.63) is 28.0 Å². The summed E-state index contributed by atoms with van der Waals surface area (Å²) in [5.74, 6) is -0.184. The minimum absolute atomic E-state index is 0.184. The molecule has 0 bridgehead atoms. The summed E-state index contributed by atoms with van der Waals surface area (Å²) < 4.78 is 14.6. The molecule has 1 saturated heterocycles. The zero-order valence-corrected chi connectivity index (χ0v) is 10.9. The summed E-state index contributed by atoms with van der Waals surface area (Å²) in [6, 6.07) is 4.16. The highest BCUT2D eigenvalue weighted by atomic mass is 79.9. The Morgan fingerprint density at radius 1 is 1.56 bits per heavy atom. The molecule has 1 aliphatic rings. The van der Waals surface area contributed by atoms with Crippen LogP contribution in [0.4, 0.5) is 10.1 Å². The third kappa shape index (κ3) is 1.96. The van der Waals surface area contributed by atoms with Crippen LogP contribution in [0.5, 0.6) is 0 Å². The van der Waals surface area contributed by atoms with E-state index in [2.05, 4.69) is 27.8 Å². The van der Waals surface area contributed by atoms with Gasteiger partial charge in [0.2, 0.25) is 0 Å². The number of halogens is 2. The van der Waals surface area contributed by atoms with Crippen LogP contribution in [0.2, 0.25) is 0 Å². The van der Waals surface area contributed by atoms with Gasteiger partial charge in [0.05, 0.1) is 10.2 Å². The van der Waals surface area contributed by atoms with E-state index in [0.29, 0.717) is 22.7 Å². The van der Waals surface area contributed by atoms with E-state index >= 15 is 0 Å². The molecule has 0 radical (unpaired) electrons. The summed E-state index contributed by atoms with van der Waals surface area (Å²) in [6.07, 6.45) is 2.27. The quantitative estimate of drug-likeness (QED) is 0.906. The molecule has 0 aromatic heterocycles. The summed E-state index contributed by atoms with van der Waals surface area (Å²) in [5.41, 5.74) is 7.04. The maximum Gasteiger partial charge on any atom is 0.160 e. The van der Waals surface area contributed by atoms with Crippen LogP contribution < -0.4 is 10.6 Å². The monoisotopic (exact) mass is 286 g/mol. The molecule has 16 heavy (non-hydrogen) atoms. The number of rotatable bonds is 2.